The Kier molecular flexibility index (Phi) is 7.37. The first kappa shape index (κ1) is 19.7. The predicted octanol–water partition coefficient (Wildman–Crippen LogP) is 3.33. The molecule has 2 aromatic rings. The second-order valence-electron chi connectivity index (χ2n) is 5.26. The van der Waals surface area contributed by atoms with Gasteiger partial charge in [-0.2, -0.15) is 0 Å². The van der Waals surface area contributed by atoms with Gasteiger partial charge in [0.2, 0.25) is 5.78 Å². The fourth-order valence-electron chi connectivity index (χ4n) is 1.96. The summed E-state index contributed by atoms with van der Waals surface area (Å²) in [5.74, 6) is -0.170. The maximum Gasteiger partial charge on any atom is 0.331 e. The molecule has 136 valence electrons. The molecule has 0 saturated carbocycles. The van der Waals surface area contributed by atoms with Gasteiger partial charge in [0.25, 0.3) is 0 Å². The van der Waals surface area contributed by atoms with E-state index in [0.717, 1.165) is 9.79 Å². The van der Waals surface area contributed by atoms with Crippen LogP contribution in [0.4, 0.5) is 0 Å². The SMILES string of the molecule is CC(=O)ON=C(C)C(=O)c1ccc(Sc2ccc(OCCO)cc2)cc1. The van der Waals surface area contributed by atoms with E-state index in [1.807, 2.05) is 36.4 Å². The van der Waals surface area contributed by atoms with Crippen molar-refractivity contribution in [3.63, 3.8) is 0 Å². The molecule has 2 aromatic carbocycles. The summed E-state index contributed by atoms with van der Waals surface area (Å²) in [6, 6.07) is 14.6. The fourth-order valence-corrected chi connectivity index (χ4v) is 2.78. The lowest BCUT2D eigenvalue weighted by Crippen LogP contribution is -2.11. The molecule has 0 aliphatic rings. The van der Waals surface area contributed by atoms with Crippen molar-refractivity contribution >= 4 is 29.2 Å². The molecule has 2 rings (SSSR count). The van der Waals surface area contributed by atoms with E-state index in [1.54, 1.807) is 23.9 Å². The first-order valence-corrected chi connectivity index (χ1v) is 8.70. The molecule has 0 radical (unpaired) electrons. The molecule has 0 aromatic heterocycles. The molecule has 0 spiro atoms. The van der Waals surface area contributed by atoms with Gasteiger partial charge in [-0.25, -0.2) is 4.79 Å². The Balaban J connectivity index is 1.99. The van der Waals surface area contributed by atoms with E-state index < -0.39 is 5.97 Å². The molecular formula is C19H19NO5S. The van der Waals surface area contributed by atoms with Gasteiger partial charge in [0.05, 0.1) is 6.61 Å². The third-order valence-electron chi connectivity index (χ3n) is 3.18. The van der Waals surface area contributed by atoms with Crippen LogP contribution in [0.5, 0.6) is 5.75 Å². The third kappa shape index (κ3) is 6.02. The normalized spacial score (nSPS) is 11.1. The van der Waals surface area contributed by atoms with Gasteiger partial charge in [-0.05, 0) is 55.5 Å². The predicted molar refractivity (Wildman–Crippen MR) is 98.8 cm³/mol. The smallest absolute Gasteiger partial charge is 0.331 e. The molecule has 0 saturated heterocycles. The summed E-state index contributed by atoms with van der Waals surface area (Å²) in [5, 5.41) is 12.2. The summed E-state index contributed by atoms with van der Waals surface area (Å²) in [4.78, 5) is 29.4. The van der Waals surface area contributed by atoms with Crippen LogP contribution in [-0.2, 0) is 9.63 Å². The summed E-state index contributed by atoms with van der Waals surface area (Å²) in [5.41, 5.74) is 0.578. The highest BCUT2D eigenvalue weighted by Crippen LogP contribution is 2.29. The second-order valence-corrected chi connectivity index (χ2v) is 6.41. The molecule has 7 heteroatoms. The monoisotopic (exact) mass is 373 g/mol. The van der Waals surface area contributed by atoms with E-state index in [4.69, 9.17) is 9.84 Å². The molecule has 26 heavy (non-hydrogen) atoms. The maximum absolute atomic E-state index is 12.2. The van der Waals surface area contributed by atoms with Gasteiger partial charge in [0.15, 0.2) is 0 Å². The Labute approximate surface area is 155 Å². The highest BCUT2D eigenvalue weighted by atomic mass is 32.2. The second kappa shape index (κ2) is 9.74. The van der Waals surface area contributed by atoms with Crippen molar-refractivity contribution in [2.24, 2.45) is 5.16 Å². The van der Waals surface area contributed by atoms with Crippen LogP contribution >= 0.6 is 11.8 Å². The number of aliphatic hydroxyl groups excluding tert-OH is 1. The molecule has 0 bridgehead atoms. The average molecular weight is 373 g/mol. The van der Waals surface area contributed by atoms with Gasteiger partial charge in [-0.1, -0.05) is 16.9 Å². The number of ketones is 1. The standard InChI is InChI=1S/C19H19NO5S/c1-13(20-25-14(2)22)19(23)15-3-7-17(8-4-15)26-18-9-5-16(6-10-18)24-12-11-21/h3-10,21H,11-12H2,1-2H3. The minimum absolute atomic E-state index is 0.0212. The maximum atomic E-state index is 12.2. The Hall–Kier alpha value is -2.64. The molecule has 0 atom stereocenters. The van der Waals surface area contributed by atoms with E-state index in [-0.39, 0.29) is 24.7 Å². The van der Waals surface area contributed by atoms with Gasteiger partial charge >= 0.3 is 5.97 Å². The lowest BCUT2D eigenvalue weighted by Gasteiger charge is -2.06. The number of carbonyl (C=O) groups excluding carboxylic acids is 2. The van der Waals surface area contributed by atoms with Gasteiger partial charge < -0.3 is 14.7 Å². The van der Waals surface area contributed by atoms with E-state index in [1.165, 1.54) is 13.8 Å². The minimum atomic E-state index is -0.573. The minimum Gasteiger partial charge on any atom is -0.491 e. The lowest BCUT2D eigenvalue weighted by molar-refractivity contribution is -0.140. The number of Topliss-reactive ketones (excluding diaryl/α,β-unsaturated/α-hetero) is 1. The number of rotatable bonds is 8. The zero-order chi connectivity index (χ0) is 18.9. The zero-order valence-corrected chi connectivity index (χ0v) is 15.3. The largest absolute Gasteiger partial charge is 0.491 e. The van der Waals surface area contributed by atoms with Crippen molar-refractivity contribution < 1.29 is 24.3 Å². The Morgan fingerprint density at radius 2 is 1.58 bits per heavy atom. The lowest BCUT2D eigenvalue weighted by atomic mass is 10.1. The first-order valence-electron chi connectivity index (χ1n) is 7.88. The molecule has 0 unspecified atom stereocenters. The van der Waals surface area contributed by atoms with Gasteiger partial charge in [0, 0.05) is 22.3 Å². The third-order valence-corrected chi connectivity index (χ3v) is 4.19. The quantitative estimate of drug-likeness (QED) is 0.331. The van der Waals surface area contributed by atoms with Crippen LogP contribution in [0.1, 0.15) is 24.2 Å². The van der Waals surface area contributed by atoms with Crippen molar-refractivity contribution in [1.29, 1.82) is 0 Å². The molecule has 6 nitrogen and oxygen atoms in total. The summed E-state index contributed by atoms with van der Waals surface area (Å²) < 4.78 is 5.32. The highest BCUT2D eigenvalue weighted by Gasteiger charge is 2.11. The number of ether oxygens (including phenoxy) is 1. The topological polar surface area (TPSA) is 85.2 Å². The summed E-state index contributed by atoms with van der Waals surface area (Å²) in [6.45, 7) is 2.96. The van der Waals surface area contributed by atoms with Crippen LogP contribution in [0, 0.1) is 0 Å². The molecule has 0 heterocycles. The first-order chi connectivity index (χ1) is 12.5. The van der Waals surface area contributed by atoms with E-state index in [0.29, 0.717) is 11.3 Å². The van der Waals surface area contributed by atoms with E-state index >= 15 is 0 Å². The van der Waals surface area contributed by atoms with Crippen molar-refractivity contribution in [2.75, 3.05) is 13.2 Å². The van der Waals surface area contributed by atoms with Gasteiger partial charge in [0.1, 0.15) is 18.1 Å². The molecule has 0 aliphatic carbocycles. The molecular weight excluding hydrogens is 354 g/mol. The van der Waals surface area contributed by atoms with Gasteiger partial charge in [-0.3, -0.25) is 4.79 Å². The number of hydrogen-bond donors (Lipinski definition) is 1. The van der Waals surface area contributed by atoms with Crippen LogP contribution in [0.2, 0.25) is 0 Å². The van der Waals surface area contributed by atoms with Gasteiger partial charge in [-0.15, -0.1) is 0 Å². The molecule has 0 amide bonds. The summed E-state index contributed by atoms with van der Waals surface area (Å²) in [7, 11) is 0. The highest BCUT2D eigenvalue weighted by molar-refractivity contribution is 7.99. The van der Waals surface area contributed by atoms with Crippen LogP contribution in [-0.4, -0.2) is 35.8 Å². The summed E-state index contributed by atoms with van der Waals surface area (Å²) >= 11 is 1.55. The van der Waals surface area contributed by atoms with E-state index in [9.17, 15) is 9.59 Å². The van der Waals surface area contributed by atoms with Crippen LogP contribution < -0.4 is 4.74 Å². The van der Waals surface area contributed by atoms with Crippen molar-refractivity contribution in [1.82, 2.24) is 0 Å². The van der Waals surface area contributed by atoms with Crippen LogP contribution in [0.15, 0.2) is 63.5 Å². The fraction of sp³-hybridized carbons (Fsp3) is 0.211. The Morgan fingerprint density at radius 3 is 2.12 bits per heavy atom. The number of benzene rings is 2. The number of aliphatic hydroxyl groups is 1. The van der Waals surface area contributed by atoms with Crippen molar-refractivity contribution in [2.45, 2.75) is 23.6 Å². The zero-order valence-electron chi connectivity index (χ0n) is 14.5. The number of nitrogens with zero attached hydrogens (tertiary/aromatic N) is 1. The number of carbonyl (C=O) groups is 2. The van der Waals surface area contributed by atoms with E-state index in [2.05, 4.69) is 9.99 Å². The Morgan fingerprint density at radius 1 is 1.00 bits per heavy atom. The number of oxime groups is 1. The Bertz CT molecular complexity index is 785. The molecule has 0 fully saturated rings. The van der Waals surface area contributed by atoms with Crippen LogP contribution in [0.3, 0.4) is 0 Å². The molecule has 0 aliphatic heterocycles. The van der Waals surface area contributed by atoms with Crippen LogP contribution in [0.25, 0.3) is 0 Å². The molecule has 1 N–H and O–H groups in total. The van der Waals surface area contributed by atoms with Crippen molar-refractivity contribution in [3.8, 4) is 5.75 Å². The average Bonchev–Trinajstić information content (AvgIpc) is 2.65. The summed E-state index contributed by atoms with van der Waals surface area (Å²) in [6.07, 6.45) is 0. The van der Waals surface area contributed by atoms with Crippen molar-refractivity contribution in [3.05, 3.63) is 54.1 Å². The number of hydrogen-bond acceptors (Lipinski definition) is 7.